The second kappa shape index (κ2) is 4.27. The van der Waals surface area contributed by atoms with Crippen molar-refractivity contribution < 1.29 is 4.63 Å². The van der Waals surface area contributed by atoms with Crippen LogP contribution in [0.3, 0.4) is 0 Å². The molecule has 0 saturated heterocycles. The van der Waals surface area contributed by atoms with E-state index in [9.17, 15) is 0 Å². The number of rotatable bonds is 3. The summed E-state index contributed by atoms with van der Waals surface area (Å²) in [5, 5.41) is 9.09. The predicted octanol–water partition coefficient (Wildman–Crippen LogP) is 2.03. The number of aryl methyl sites for hydroxylation is 1. The first-order valence-electron chi connectivity index (χ1n) is 5.90. The summed E-state index contributed by atoms with van der Waals surface area (Å²) in [6.45, 7) is 2.55. The van der Waals surface area contributed by atoms with E-state index in [4.69, 9.17) is 10.4 Å². The van der Waals surface area contributed by atoms with Crippen LogP contribution in [0.1, 0.15) is 11.4 Å². The second-order valence-electron chi connectivity index (χ2n) is 4.27. The molecule has 2 aromatic heterocycles. The maximum absolute atomic E-state index is 5.58. The number of hydrogen-bond donors (Lipinski definition) is 2. The molecule has 0 aliphatic rings. The largest absolute Gasteiger partial charge is 0.358 e. The standard InChI is InChI=1S/C13H14N4O/c1-8-12(9-4-2-3-5-10(9)15-8)13-11(6-7-14)16-18-17-13/h2-5,15H,6-7,14H2,1H3. The van der Waals surface area contributed by atoms with Crippen LogP contribution in [0.5, 0.6) is 0 Å². The third kappa shape index (κ3) is 1.60. The number of nitrogens with one attached hydrogen (secondary N) is 1. The van der Waals surface area contributed by atoms with Gasteiger partial charge in [0.15, 0.2) is 0 Å². The van der Waals surface area contributed by atoms with Crippen molar-refractivity contribution in [1.82, 2.24) is 15.3 Å². The summed E-state index contributed by atoms with van der Waals surface area (Å²) in [5.41, 5.74) is 10.4. The van der Waals surface area contributed by atoms with E-state index < -0.39 is 0 Å². The van der Waals surface area contributed by atoms with Crippen molar-refractivity contribution in [3.8, 4) is 11.3 Å². The number of para-hydroxylation sites is 1. The summed E-state index contributed by atoms with van der Waals surface area (Å²) < 4.78 is 4.86. The first kappa shape index (κ1) is 11.0. The van der Waals surface area contributed by atoms with Gasteiger partial charge in [0.25, 0.3) is 0 Å². The van der Waals surface area contributed by atoms with Crippen molar-refractivity contribution in [2.24, 2.45) is 5.73 Å². The molecule has 0 bridgehead atoms. The Morgan fingerprint density at radius 2 is 2.11 bits per heavy atom. The highest BCUT2D eigenvalue weighted by molar-refractivity contribution is 5.96. The van der Waals surface area contributed by atoms with Crippen LogP contribution >= 0.6 is 0 Å². The monoisotopic (exact) mass is 242 g/mol. The number of aromatic amines is 1. The minimum atomic E-state index is 0.530. The number of hydrogen-bond acceptors (Lipinski definition) is 4. The Balaban J connectivity index is 2.24. The fourth-order valence-corrected chi connectivity index (χ4v) is 2.28. The first-order valence-corrected chi connectivity index (χ1v) is 5.90. The Kier molecular flexibility index (Phi) is 2.60. The van der Waals surface area contributed by atoms with Gasteiger partial charge in [-0.1, -0.05) is 23.4 Å². The normalized spacial score (nSPS) is 11.2. The van der Waals surface area contributed by atoms with Crippen LogP contribution in [0.25, 0.3) is 22.2 Å². The average Bonchev–Trinajstić information content (AvgIpc) is 2.92. The number of nitrogens with two attached hydrogens (primary N) is 1. The number of H-pyrrole nitrogens is 1. The van der Waals surface area contributed by atoms with Gasteiger partial charge in [-0.2, -0.15) is 0 Å². The van der Waals surface area contributed by atoms with Crippen LogP contribution in [-0.2, 0) is 6.42 Å². The Morgan fingerprint density at radius 1 is 1.28 bits per heavy atom. The summed E-state index contributed by atoms with van der Waals surface area (Å²) in [4.78, 5) is 3.34. The van der Waals surface area contributed by atoms with E-state index in [1.54, 1.807) is 0 Å². The van der Waals surface area contributed by atoms with Crippen molar-refractivity contribution >= 4 is 10.9 Å². The van der Waals surface area contributed by atoms with E-state index in [0.717, 1.165) is 33.5 Å². The second-order valence-corrected chi connectivity index (χ2v) is 4.27. The van der Waals surface area contributed by atoms with Gasteiger partial charge in [0, 0.05) is 28.6 Å². The molecular weight excluding hydrogens is 228 g/mol. The molecule has 1 aromatic carbocycles. The van der Waals surface area contributed by atoms with Gasteiger partial charge in [0.1, 0.15) is 11.4 Å². The molecule has 5 heteroatoms. The van der Waals surface area contributed by atoms with E-state index in [0.29, 0.717) is 13.0 Å². The highest BCUT2D eigenvalue weighted by atomic mass is 16.6. The first-order chi connectivity index (χ1) is 8.81. The SMILES string of the molecule is Cc1[nH]c2ccccc2c1-c1nonc1CCN. The number of nitrogens with zero attached hydrogens (tertiary/aromatic N) is 2. The van der Waals surface area contributed by atoms with Crippen molar-refractivity contribution in [3.05, 3.63) is 35.7 Å². The fraction of sp³-hybridized carbons (Fsp3) is 0.231. The maximum Gasteiger partial charge on any atom is 0.140 e. The van der Waals surface area contributed by atoms with E-state index >= 15 is 0 Å². The topological polar surface area (TPSA) is 80.7 Å². The van der Waals surface area contributed by atoms with Gasteiger partial charge in [-0.3, -0.25) is 0 Å². The van der Waals surface area contributed by atoms with E-state index in [2.05, 4.69) is 21.4 Å². The van der Waals surface area contributed by atoms with Gasteiger partial charge >= 0.3 is 0 Å². The van der Waals surface area contributed by atoms with Crippen molar-refractivity contribution in [3.63, 3.8) is 0 Å². The zero-order valence-corrected chi connectivity index (χ0v) is 10.1. The third-order valence-corrected chi connectivity index (χ3v) is 3.07. The van der Waals surface area contributed by atoms with Gasteiger partial charge < -0.3 is 10.7 Å². The summed E-state index contributed by atoms with van der Waals surface area (Å²) in [6, 6.07) is 8.12. The molecule has 3 N–H and O–H groups in total. The van der Waals surface area contributed by atoms with Crippen LogP contribution in [0.15, 0.2) is 28.9 Å². The minimum absolute atomic E-state index is 0.530. The molecule has 0 saturated carbocycles. The summed E-state index contributed by atoms with van der Waals surface area (Å²) >= 11 is 0. The maximum atomic E-state index is 5.58. The number of aromatic nitrogens is 3. The molecule has 5 nitrogen and oxygen atoms in total. The van der Waals surface area contributed by atoms with Gasteiger partial charge in [0.2, 0.25) is 0 Å². The van der Waals surface area contributed by atoms with Crippen molar-refractivity contribution in [2.45, 2.75) is 13.3 Å². The molecule has 0 spiro atoms. The van der Waals surface area contributed by atoms with E-state index in [1.807, 2.05) is 25.1 Å². The van der Waals surface area contributed by atoms with Crippen molar-refractivity contribution in [1.29, 1.82) is 0 Å². The lowest BCUT2D eigenvalue weighted by Crippen LogP contribution is -2.04. The Morgan fingerprint density at radius 3 is 2.94 bits per heavy atom. The Bertz CT molecular complexity index is 683. The Hall–Kier alpha value is -2.14. The van der Waals surface area contributed by atoms with Crippen LogP contribution in [0, 0.1) is 6.92 Å². The van der Waals surface area contributed by atoms with Crippen LogP contribution in [0.4, 0.5) is 0 Å². The van der Waals surface area contributed by atoms with Gasteiger partial charge in [-0.05, 0) is 24.7 Å². The molecule has 3 rings (SSSR count). The Labute approximate surface area is 104 Å². The lowest BCUT2D eigenvalue weighted by Gasteiger charge is -1.98. The molecule has 0 fully saturated rings. The molecule has 2 heterocycles. The highest BCUT2D eigenvalue weighted by Gasteiger charge is 2.18. The van der Waals surface area contributed by atoms with Gasteiger partial charge in [-0.15, -0.1) is 0 Å². The number of benzene rings is 1. The molecule has 0 atom stereocenters. The third-order valence-electron chi connectivity index (χ3n) is 3.07. The summed E-state index contributed by atoms with van der Waals surface area (Å²) in [5.74, 6) is 0. The van der Waals surface area contributed by atoms with Gasteiger partial charge in [-0.25, -0.2) is 4.63 Å². The average molecular weight is 242 g/mol. The molecule has 3 aromatic rings. The molecule has 18 heavy (non-hydrogen) atoms. The zero-order valence-electron chi connectivity index (χ0n) is 10.1. The van der Waals surface area contributed by atoms with Crippen LogP contribution in [-0.4, -0.2) is 21.8 Å². The molecule has 0 aliphatic carbocycles. The molecule has 0 unspecified atom stereocenters. The van der Waals surface area contributed by atoms with Crippen LogP contribution < -0.4 is 5.73 Å². The lowest BCUT2D eigenvalue weighted by atomic mass is 10.1. The van der Waals surface area contributed by atoms with Crippen LogP contribution in [0.2, 0.25) is 0 Å². The summed E-state index contributed by atoms with van der Waals surface area (Å²) in [7, 11) is 0. The van der Waals surface area contributed by atoms with E-state index in [-0.39, 0.29) is 0 Å². The minimum Gasteiger partial charge on any atom is -0.358 e. The quantitative estimate of drug-likeness (QED) is 0.736. The smallest absolute Gasteiger partial charge is 0.140 e. The molecular formula is C13H14N4O. The lowest BCUT2D eigenvalue weighted by molar-refractivity contribution is 0.304. The predicted molar refractivity (Wildman–Crippen MR) is 69.1 cm³/mol. The van der Waals surface area contributed by atoms with Gasteiger partial charge in [0.05, 0.1) is 0 Å². The van der Waals surface area contributed by atoms with Crippen molar-refractivity contribution in [2.75, 3.05) is 6.54 Å². The van der Waals surface area contributed by atoms with E-state index in [1.165, 1.54) is 0 Å². The summed E-state index contributed by atoms with van der Waals surface area (Å²) in [6.07, 6.45) is 0.664. The zero-order chi connectivity index (χ0) is 12.5. The fourth-order valence-electron chi connectivity index (χ4n) is 2.28. The molecule has 0 aliphatic heterocycles. The number of fused-ring (bicyclic) bond motifs is 1. The molecule has 0 amide bonds. The molecule has 0 radical (unpaired) electrons. The molecule has 92 valence electrons. The highest BCUT2D eigenvalue weighted by Crippen LogP contribution is 2.32.